The third kappa shape index (κ3) is 4.94. The minimum atomic E-state index is -1.00. The molecule has 0 radical (unpaired) electrons. The monoisotopic (exact) mass is 270 g/mol. The Morgan fingerprint density at radius 1 is 1.39 bits per heavy atom. The summed E-state index contributed by atoms with van der Waals surface area (Å²) < 4.78 is 0. The van der Waals surface area contributed by atoms with Gasteiger partial charge >= 0.3 is 5.97 Å². The number of nitrogens with one attached hydrogen (secondary N) is 1. The van der Waals surface area contributed by atoms with E-state index < -0.39 is 5.97 Å². The molecule has 0 spiro atoms. The fraction of sp³-hybridized carbons (Fsp3) is 0.462. The molecule has 18 heavy (non-hydrogen) atoms. The van der Waals surface area contributed by atoms with E-state index in [-0.39, 0.29) is 10.6 Å². The quantitative estimate of drug-likeness (QED) is 0.748. The molecule has 0 saturated heterocycles. The molecule has 2 N–H and O–H groups in total. The average Bonchev–Trinajstić information content (AvgIpc) is 2.27. The highest BCUT2D eigenvalue weighted by molar-refractivity contribution is 6.33. The molecule has 1 rings (SSSR count). The molecular formula is C13H19ClN2O2. The number of hydrogen-bond acceptors (Lipinski definition) is 3. The summed E-state index contributed by atoms with van der Waals surface area (Å²) in [5.74, 6) is -1.00. The van der Waals surface area contributed by atoms with Gasteiger partial charge in [-0.1, -0.05) is 11.6 Å². The lowest BCUT2D eigenvalue weighted by molar-refractivity contribution is 0.0697. The molecule has 0 aromatic heterocycles. The van der Waals surface area contributed by atoms with Gasteiger partial charge < -0.3 is 15.3 Å². The fourth-order valence-corrected chi connectivity index (χ4v) is 1.85. The van der Waals surface area contributed by atoms with Crippen molar-refractivity contribution >= 4 is 23.3 Å². The van der Waals surface area contributed by atoms with Gasteiger partial charge in [-0.3, -0.25) is 0 Å². The third-order valence-corrected chi connectivity index (χ3v) is 2.87. The molecule has 0 fully saturated rings. The van der Waals surface area contributed by atoms with Crippen molar-refractivity contribution in [2.24, 2.45) is 0 Å². The number of carboxylic acids is 1. The predicted molar refractivity (Wildman–Crippen MR) is 74.7 cm³/mol. The van der Waals surface area contributed by atoms with Gasteiger partial charge in [0.15, 0.2) is 0 Å². The van der Waals surface area contributed by atoms with Gasteiger partial charge in [0.25, 0.3) is 0 Å². The first-order valence-electron chi connectivity index (χ1n) is 5.92. The van der Waals surface area contributed by atoms with E-state index in [0.717, 1.165) is 31.6 Å². The summed E-state index contributed by atoms with van der Waals surface area (Å²) in [5.41, 5.74) is 0.990. The van der Waals surface area contributed by atoms with Gasteiger partial charge in [0, 0.05) is 12.2 Å². The van der Waals surface area contributed by atoms with E-state index in [1.807, 2.05) is 0 Å². The number of hydrogen-bond donors (Lipinski definition) is 2. The molecule has 0 amide bonds. The molecule has 0 aliphatic rings. The summed E-state index contributed by atoms with van der Waals surface area (Å²) in [6.07, 6.45) is 2.19. The smallest absolute Gasteiger partial charge is 0.337 e. The highest BCUT2D eigenvalue weighted by Gasteiger charge is 2.08. The van der Waals surface area contributed by atoms with Crippen LogP contribution in [0, 0.1) is 0 Å². The lowest BCUT2D eigenvalue weighted by Gasteiger charge is -2.10. The van der Waals surface area contributed by atoms with E-state index in [2.05, 4.69) is 24.3 Å². The molecular weight excluding hydrogens is 252 g/mol. The zero-order valence-electron chi connectivity index (χ0n) is 10.7. The molecule has 0 aliphatic heterocycles. The van der Waals surface area contributed by atoms with E-state index in [1.54, 1.807) is 12.1 Å². The van der Waals surface area contributed by atoms with Crippen molar-refractivity contribution in [1.82, 2.24) is 4.90 Å². The first-order chi connectivity index (χ1) is 8.50. The highest BCUT2D eigenvalue weighted by atomic mass is 35.5. The normalized spacial score (nSPS) is 10.7. The van der Waals surface area contributed by atoms with Crippen LogP contribution < -0.4 is 5.32 Å². The number of unbranched alkanes of at least 4 members (excludes halogenated alkanes) is 1. The van der Waals surface area contributed by atoms with Crippen molar-refractivity contribution in [3.8, 4) is 0 Å². The zero-order chi connectivity index (χ0) is 13.5. The molecule has 0 atom stereocenters. The number of aromatic carboxylic acids is 1. The van der Waals surface area contributed by atoms with Crippen molar-refractivity contribution in [2.75, 3.05) is 32.5 Å². The Kier molecular flexibility index (Phi) is 5.95. The Bertz CT molecular complexity index is 408. The second kappa shape index (κ2) is 7.24. The first kappa shape index (κ1) is 14.8. The Hall–Kier alpha value is -1.26. The summed E-state index contributed by atoms with van der Waals surface area (Å²) in [5, 5.41) is 12.3. The van der Waals surface area contributed by atoms with E-state index in [0.29, 0.717) is 0 Å². The van der Waals surface area contributed by atoms with Crippen LogP contribution in [0.5, 0.6) is 0 Å². The molecule has 1 aromatic carbocycles. The van der Waals surface area contributed by atoms with Crippen LogP contribution in [0.4, 0.5) is 5.69 Å². The molecule has 0 saturated carbocycles. The maximum absolute atomic E-state index is 10.8. The SMILES string of the molecule is CN(C)CCCCNc1ccc(C(=O)O)c(Cl)c1. The molecule has 0 bridgehead atoms. The highest BCUT2D eigenvalue weighted by Crippen LogP contribution is 2.20. The summed E-state index contributed by atoms with van der Waals surface area (Å²) in [7, 11) is 4.11. The molecule has 100 valence electrons. The Morgan fingerprint density at radius 3 is 2.67 bits per heavy atom. The van der Waals surface area contributed by atoms with E-state index in [1.165, 1.54) is 6.07 Å². The lowest BCUT2D eigenvalue weighted by atomic mass is 10.2. The van der Waals surface area contributed by atoms with Crippen LogP contribution in [-0.4, -0.2) is 43.2 Å². The first-order valence-corrected chi connectivity index (χ1v) is 6.30. The van der Waals surface area contributed by atoms with E-state index in [4.69, 9.17) is 16.7 Å². The van der Waals surface area contributed by atoms with Gasteiger partial charge in [-0.15, -0.1) is 0 Å². The van der Waals surface area contributed by atoms with Gasteiger partial charge in [-0.25, -0.2) is 4.79 Å². The van der Waals surface area contributed by atoms with Crippen LogP contribution in [0.15, 0.2) is 18.2 Å². The standard InChI is InChI=1S/C13H19ClN2O2/c1-16(2)8-4-3-7-15-10-5-6-11(13(17)18)12(14)9-10/h5-6,9,15H,3-4,7-8H2,1-2H3,(H,17,18). The summed E-state index contributed by atoms with van der Waals surface area (Å²) >= 11 is 5.88. The lowest BCUT2D eigenvalue weighted by Crippen LogP contribution is -2.14. The average molecular weight is 271 g/mol. The Morgan fingerprint density at radius 2 is 2.11 bits per heavy atom. The third-order valence-electron chi connectivity index (χ3n) is 2.56. The van der Waals surface area contributed by atoms with Crippen molar-refractivity contribution < 1.29 is 9.90 Å². The van der Waals surface area contributed by atoms with Crippen LogP contribution in [0.2, 0.25) is 5.02 Å². The topological polar surface area (TPSA) is 52.6 Å². The summed E-state index contributed by atoms with van der Waals surface area (Å²) in [6.45, 7) is 1.93. The number of rotatable bonds is 7. The van der Waals surface area contributed by atoms with E-state index in [9.17, 15) is 4.79 Å². The summed E-state index contributed by atoms with van der Waals surface area (Å²) in [4.78, 5) is 12.9. The molecule has 0 unspecified atom stereocenters. The van der Waals surface area contributed by atoms with Crippen molar-refractivity contribution in [2.45, 2.75) is 12.8 Å². The molecule has 1 aromatic rings. The molecule has 0 aliphatic carbocycles. The van der Waals surface area contributed by atoms with Crippen molar-refractivity contribution in [1.29, 1.82) is 0 Å². The maximum atomic E-state index is 10.8. The molecule has 0 heterocycles. The number of benzene rings is 1. The second-order valence-corrected chi connectivity index (χ2v) is 4.84. The van der Waals surface area contributed by atoms with Crippen LogP contribution in [0.3, 0.4) is 0 Å². The largest absolute Gasteiger partial charge is 0.478 e. The minimum absolute atomic E-state index is 0.134. The van der Waals surface area contributed by atoms with E-state index >= 15 is 0 Å². The van der Waals surface area contributed by atoms with Gasteiger partial charge in [0.1, 0.15) is 0 Å². The van der Waals surface area contributed by atoms with Gasteiger partial charge in [-0.05, 0) is 51.7 Å². The second-order valence-electron chi connectivity index (χ2n) is 4.44. The maximum Gasteiger partial charge on any atom is 0.337 e. The van der Waals surface area contributed by atoms with Crippen LogP contribution in [0.25, 0.3) is 0 Å². The number of halogens is 1. The molecule has 4 nitrogen and oxygen atoms in total. The van der Waals surface area contributed by atoms with Crippen LogP contribution in [-0.2, 0) is 0 Å². The van der Waals surface area contributed by atoms with Gasteiger partial charge in [-0.2, -0.15) is 0 Å². The number of carboxylic acid groups (broad SMARTS) is 1. The Balaban J connectivity index is 2.39. The minimum Gasteiger partial charge on any atom is -0.478 e. The van der Waals surface area contributed by atoms with Crippen LogP contribution >= 0.6 is 11.6 Å². The Labute approximate surface area is 113 Å². The van der Waals surface area contributed by atoms with Crippen LogP contribution in [0.1, 0.15) is 23.2 Å². The van der Waals surface area contributed by atoms with Gasteiger partial charge in [0.05, 0.1) is 10.6 Å². The number of anilines is 1. The van der Waals surface area contributed by atoms with Crippen molar-refractivity contribution in [3.63, 3.8) is 0 Å². The van der Waals surface area contributed by atoms with Gasteiger partial charge in [0.2, 0.25) is 0 Å². The number of carbonyl (C=O) groups is 1. The number of nitrogens with zero attached hydrogens (tertiary/aromatic N) is 1. The fourth-order valence-electron chi connectivity index (χ4n) is 1.58. The predicted octanol–water partition coefficient (Wildman–Crippen LogP) is 2.79. The van der Waals surface area contributed by atoms with Crippen molar-refractivity contribution in [3.05, 3.63) is 28.8 Å². The zero-order valence-corrected chi connectivity index (χ0v) is 11.5. The molecule has 5 heteroatoms. The summed E-state index contributed by atoms with van der Waals surface area (Å²) in [6, 6.07) is 4.91.